The minimum Gasteiger partial charge on any atom is -0.389 e. The summed E-state index contributed by atoms with van der Waals surface area (Å²) in [6, 6.07) is 2.90. The highest BCUT2D eigenvalue weighted by Crippen LogP contribution is 2.29. The number of anilines is 1. The van der Waals surface area contributed by atoms with Crippen molar-refractivity contribution in [3.63, 3.8) is 0 Å². The number of benzene rings is 1. The molecule has 0 aliphatic carbocycles. The third kappa shape index (κ3) is 3.21. The fourth-order valence-corrected chi connectivity index (χ4v) is 2.29. The number of hydrogen-bond acceptors (Lipinski definition) is 2. The third-order valence-corrected chi connectivity index (χ3v) is 4.00. The van der Waals surface area contributed by atoms with Gasteiger partial charge < -0.3 is 11.1 Å². The van der Waals surface area contributed by atoms with Crippen molar-refractivity contribution in [1.29, 1.82) is 0 Å². The Kier molecular flexibility index (Phi) is 5.23. The highest BCUT2D eigenvalue weighted by atomic mass is 32.1. The Labute approximate surface area is 118 Å². The van der Waals surface area contributed by atoms with Crippen molar-refractivity contribution in [3.05, 3.63) is 29.3 Å². The molecule has 106 valence electrons. The van der Waals surface area contributed by atoms with Crippen molar-refractivity contribution < 1.29 is 8.78 Å². The fourth-order valence-electron chi connectivity index (χ4n) is 2.14. The first-order chi connectivity index (χ1) is 8.90. The lowest BCUT2D eigenvalue weighted by atomic mass is 9.89. The van der Waals surface area contributed by atoms with Crippen LogP contribution in [0, 0.1) is 11.6 Å². The molecule has 1 aromatic carbocycles. The molecule has 0 bridgehead atoms. The Morgan fingerprint density at radius 2 is 1.68 bits per heavy atom. The predicted molar refractivity (Wildman–Crippen MR) is 79.5 cm³/mol. The second-order valence-electron chi connectivity index (χ2n) is 4.62. The molecule has 2 nitrogen and oxygen atoms in total. The molecule has 0 fully saturated rings. The maximum absolute atomic E-state index is 14.0. The van der Waals surface area contributed by atoms with Crippen LogP contribution in [0.4, 0.5) is 14.5 Å². The average Bonchev–Trinajstić information content (AvgIpc) is 2.40. The summed E-state index contributed by atoms with van der Waals surface area (Å²) in [5, 5.41) is 3.12. The van der Waals surface area contributed by atoms with E-state index in [1.165, 1.54) is 12.1 Å². The summed E-state index contributed by atoms with van der Waals surface area (Å²) in [6.07, 6.45) is 2.49. The van der Waals surface area contributed by atoms with Crippen LogP contribution in [0.15, 0.2) is 12.1 Å². The van der Waals surface area contributed by atoms with Crippen LogP contribution in [0.2, 0.25) is 0 Å². The van der Waals surface area contributed by atoms with Gasteiger partial charge >= 0.3 is 0 Å². The van der Waals surface area contributed by atoms with E-state index in [4.69, 9.17) is 5.73 Å². The molecule has 0 saturated carbocycles. The van der Waals surface area contributed by atoms with Crippen molar-refractivity contribution in [3.8, 4) is 0 Å². The largest absolute Gasteiger partial charge is 0.389 e. The van der Waals surface area contributed by atoms with Crippen molar-refractivity contribution in [2.45, 2.75) is 45.6 Å². The van der Waals surface area contributed by atoms with Crippen molar-refractivity contribution >= 4 is 22.9 Å². The van der Waals surface area contributed by atoms with Crippen LogP contribution in [-0.4, -0.2) is 10.5 Å². The number of rotatable bonds is 6. The number of thiocarbonyl (C=S) groups is 1. The van der Waals surface area contributed by atoms with Crippen LogP contribution in [0.25, 0.3) is 0 Å². The van der Waals surface area contributed by atoms with Crippen LogP contribution in [0.3, 0.4) is 0 Å². The number of nitrogens with two attached hydrogens (primary N) is 1. The molecule has 0 aliphatic rings. The topological polar surface area (TPSA) is 38.0 Å². The highest BCUT2D eigenvalue weighted by molar-refractivity contribution is 7.80. The molecule has 3 N–H and O–H groups in total. The average molecular weight is 286 g/mol. The van der Waals surface area contributed by atoms with E-state index in [1.54, 1.807) is 0 Å². The van der Waals surface area contributed by atoms with Gasteiger partial charge in [0, 0.05) is 11.1 Å². The molecule has 0 amide bonds. The second kappa shape index (κ2) is 6.28. The fraction of sp³-hybridized carbons (Fsp3) is 0.500. The quantitative estimate of drug-likeness (QED) is 0.777. The van der Waals surface area contributed by atoms with Gasteiger partial charge in [0.05, 0.1) is 5.69 Å². The Hall–Kier alpha value is -1.23. The molecule has 0 atom stereocenters. The standard InChI is InChI=1S/C14H20F2N2S/c1-4-14(5-2,6-3)18-10-8-7-9(13(17)19)11(15)12(10)16/h7-8,18H,4-6H2,1-3H3,(H2,17,19). The molecule has 0 aliphatic heterocycles. The molecule has 5 heteroatoms. The molecule has 0 aromatic heterocycles. The second-order valence-corrected chi connectivity index (χ2v) is 5.06. The number of hydrogen-bond donors (Lipinski definition) is 2. The molecular weight excluding hydrogens is 266 g/mol. The molecule has 1 rings (SSSR count). The summed E-state index contributed by atoms with van der Waals surface area (Å²) < 4.78 is 27.8. The normalized spacial score (nSPS) is 11.4. The lowest BCUT2D eigenvalue weighted by Gasteiger charge is -2.33. The van der Waals surface area contributed by atoms with Gasteiger partial charge in [0.1, 0.15) is 4.99 Å². The lowest BCUT2D eigenvalue weighted by Crippen LogP contribution is -2.36. The molecule has 0 radical (unpaired) electrons. The van der Waals surface area contributed by atoms with Gasteiger partial charge in [0.15, 0.2) is 11.6 Å². The first-order valence-electron chi connectivity index (χ1n) is 6.46. The van der Waals surface area contributed by atoms with E-state index >= 15 is 0 Å². The Morgan fingerprint density at radius 3 is 2.11 bits per heavy atom. The van der Waals surface area contributed by atoms with Gasteiger partial charge in [-0.25, -0.2) is 8.78 Å². The minimum absolute atomic E-state index is 0.0619. The van der Waals surface area contributed by atoms with Crippen LogP contribution >= 0.6 is 12.2 Å². The monoisotopic (exact) mass is 286 g/mol. The Morgan fingerprint density at radius 1 is 1.16 bits per heavy atom. The Bertz CT molecular complexity index is 462. The smallest absolute Gasteiger partial charge is 0.182 e. The van der Waals surface area contributed by atoms with Crippen LogP contribution < -0.4 is 11.1 Å². The minimum atomic E-state index is -0.991. The highest BCUT2D eigenvalue weighted by Gasteiger charge is 2.26. The molecule has 0 heterocycles. The number of halogens is 2. The van der Waals surface area contributed by atoms with E-state index < -0.39 is 11.6 Å². The molecule has 0 saturated heterocycles. The van der Waals surface area contributed by atoms with Gasteiger partial charge in [0.2, 0.25) is 0 Å². The predicted octanol–water partition coefficient (Wildman–Crippen LogP) is 3.98. The van der Waals surface area contributed by atoms with E-state index in [-0.39, 0.29) is 21.8 Å². The third-order valence-electron chi connectivity index (χ3n) is 3.78. The van der Waals surface area contributed by atoms with Gasteiger partial charge in [-0.05, 0) is 31.4 Å². The summed E-state index contributed by atoms with van der Waals surface area (Å²) in [5.74, 6) is -1.92. The lowest BCUT2D eigenvalue weighted by molar-refractivity contribution is 0.415. The van der Waals surface area contributed by atoms with Gasteiger partial charge in [-0.3, -0.25) is 0 Å². The summed E-state index contributed by atoms with van der Waals surface area (Å²) in [4.78, 5) is -0.143. The van der Waals surface area contributed by atoms with Crippen molar-refractivity contribution in [1.82, 2.24) is 0 Å². The van der Waals surface area contributed by atoms with Gasteiger partial charge in [-0.2, -0.15) is 0 Å². The molecule has 0 spiro atoms. The zero-order valence-corrected chi connectivity index (χ0v) is 12.3. The first-order valence-corrected chi connectivity index (χ1v) is 6.87. The Balaban J connectivity index is 3.16. The van der Waals surface area contributed by atoms with E-state index in [9.17, 15) is 8.78 Å². The molecule has 0 unspecified atom stereocenters. The van der Waals surface area contributed by atoms with Gasteiger partial charge in [-0.15, -0.1) is 0 Å². The SMILES string of the molecule is CCC(CC)(CC)Nc1ccc(C(N)=S)c(F)c1F. The van der Waals surface area contributed by atoms with Crippen molar-refractivity contribution in [2.75, 3.05) is 5.32 Å². The van der Waals surface area contributed by atoms with E-state index in [1.807, 2.05) is 20.8 Å². The van der Waals surface area contributed by atoms with Crippen molar-refractivity contribution in [2.24, 2.45) is 5.73 Å². The zero-order valence-electron chi connectivity index (χ0n) is 11.5. The number of nitrogens with one attached hydrogen (secondary N) is 1. The summed E-state index contributed by atoms with van der Waals surface area (Å²) in [6.45, 7) is 6.08. The van der Waals surface area contributed by atoms with Crippen LogP contribution in [-0.2, 0) is 0 Å². The zero-order chi connectivity index (χ0) is 14.6. The molecular formula is C14H20F2N2S. The van der Waals surface area contributed by atoms with E-state index in [0.29, 0.717) is 0 Å². The van der Waals surface area contributed by atoms with E-state index in [0.717, 1.165) is 19.3 Å². The summed E-state index contributed by atoms with van der Waals surface area (Å²) >= 11 is 4.68. The summed E-state index contributed by atoms with van der Waals surface area (Å²) in [7, 11) is 0. The van der Waals surface area contributed by atoms with E-state index in [2.05, 4.69) is 17.5 Å². The van der Waals surface area contributed by atoms with Gasteiger partial charge in [0.25, 0.3) is 0 Å². The van der Waals surface area contributed by atoms with Gasteiger partial charge in [-0.1, -0.05) is 33.0 Å². The maximum Gasteiger partial charge on any atom is 0.182 e. The maximum atomic E-state index is 14.0. The summed E-state index contributed by atoms with van der Waals surface area (Å²) in [5.41, 5.74) is 5.21. The van der Waals surface area contributed by atoms with Crippen LogP contribution in [0.5, 0.6) is 0 Å². The van der Waals surface area contributed by atoms with Crippen LogP contribution in [0.1, 0.15) is 45.6 Å². The molecule has 1 aromatic rings. The molecule has 19 heavy (non-hydrogen) atoms. The first kappa shape index (κ1) is 15.8.